The Kier molecular flexibility index (Phi) is 9.37. The highest BCUT2D eigenvalue weighted by atomic mass is 16.5. The third-order valence-electron chi connectivity index (χ3n) is 6.64. The zero-order valence-electron chi connectivity index (χ0n) is 21.9. The van der Waals surface area contributed by atoms with Crippen LogP contribution in [0.5, 0.6) is 0 Å². The van der Waals surface area contributed by atoms with Crippen molar-refractivity contribution in [1.82, 2.24) is 16.0 Å². The first kappa shape index (κ1) is 26.8. The summed E-state index contributed by atoms with van der Waals surface area (Å²) in [6, 6.07) is 15.2. The predicted octanol–water partition coefficient (Wildman–Crippen LogP) is 3.61. The number of amides is 1. The molecule has 0 bridgehead atoms. The summed E-state index contributed by atoms with van der Waals surface area (Å²) in [6.07, 6.45) is 7.09. The molecule has 2 aliphatic heterocycles. The van der Waals surface area contributed by atoms with Gasteiger partial charge in [-0.1, -0.05) is 18.2 Å². The molecule has 9 heteroatoms. The lowest BCUT2D eigenvalue weighted by atomic mass is 9.99. The monoisotopic (exact) mass is 513 g/mol. The van der Waals surface area contributed by atoms with Crippen LogP contribution < -0.4 is 26.6 Å². The van der Waals surface area contributed by atoms with E-state index in [9.17, 15) is 4.79 Å². The summed E-state index contributed by atoms with van der Waals surface area (Å²) >= 11 is 0. The van der Waals surface area contributed by atoms with Gasteiger partial charge in [-0.25, -0.2) is 4.99 Å². The van der Waals surface area contributed by atoms with E-state index in [0.717, 1.165) is 60.9 Å². The number of nitriles is 1. The van der Waals surface area contributed by atoms with Gasteiger partial charge in [-0.05, 0) is 68.6 Å². The van der Waals surface area contributed by atoms with Crippen LogP contribution in [0.15, 0.2) is 71.7 Å². The van der Waals surface area contributed by atoms with Crippen molar-refractivity contribution in [3.05, 3.63) is 83.4 Å². The lowest BCUT2D eigenvalue weighted by Crippen LogP contribution is -2.32. The molecular formula is C29H35N7O2. The Bertz CT molecular complexity index is 1260. The van der Waals surface area contributed by atoms with E-state index >= 15 is 0 Å². The minimum atomic E-state index is -0.232. The maximum absolute atomic E-state index is 12.5. The molecule has 1 unspecified atom stereocenters. The highest BCUT2D eigenvalue weighted by Crippen LogP contribution is 2.22. The first-order chi connectivity index (χ1) is 18.6. The van der Waals surface area contributed by atoms with Crippen molar-refractivity contribution in [2.45, 2.75) is 25.8 Å². The number of nitrogens with one attached hydrogen (secondary N) is 5. The Morgan fingerprint density at radius 2 is 2.08 bits per heavy atom. The van der Waals surface area contributed by atoms with Gasteiger partial charge in [0.25, 0.3) is 0 Å². The molecule has 0 aliphatic carbocycles. The smallest absolute Gasteiger partial charge is 0.245 e. The fourth-order valence-corrected chi connectivity index (χ4v) is 4.40. The van der Waals surface area contributed by atoms with Crippen molar-refractivity contribution < 1.29 is 9.53 Å². The molecule has 2 heterocycles. The van der Waals surface area contributed by atoms with Crippen LogP contribution in [-0.2, 0) is 9.53 Å². The van der Waals surface area contributed by atoms with Crippen LogP contribution >= 0.6 is 0 Å². The first-order valence-corrected chi connectivity index (χ1v) is 13.0. The van der Waals surface area contributed by atoms with Gasteiger partial charge in [0.05, 0.1) is 48.4 Å². The molecule has 9 nitrogen and oxygen atoms in total. The molecule has 1 saturated heterocycles. The summed E-state index contributed by atoms with van der Waals surface area (Å²) in [5, 5.41) is 25.0. The first-order valence-electron chi connectivity index (χ1n) is 13.0. The standard InChI is InChI=1S/C29H35N7O2/c1-20(36-28(37)10-13-33-27-14-22(16-30)6-7-26(27)31-2)23-4-3-5-24(15-23)29-34-17-25(18-35-29)38-19-21-8-11-32-12-9-21/h3-7,10,13-15,17,20-21,31-33H,8-9,11-12,18-19H2,1-2H3,(H,34,35)(H,36,37)/b13-10-. The Balaban J connectivity index is 1.31. The van der Waals surface area contributed by atoms with Gasteiger partial charge in [0.2, 0.25) is 5.91 Å². The van der Waals surface area contributed by atoms with Gasteiger partial charge < -0.3 is 31.3 Å². The topological polar surface area (TPSA) is 123 Å². The van der Waals surface area contributed by atoms with E-state index in [0.29, 0.717) is 23.7 Å². The van der Waals surface area contributed by atoms with Gasteiger partial charge in [0, 0.05) is 24.9 Å². The number of benzene rings is 2. The second-order valence-electron chi connectivity index (χ2n) is 9.39. The zero-order valence-corrected chi connectivity index (χ0v) is 21.9. The van der Waals surface area contributed by atoms with E-state index < -0.39 is 0 Å². The van der Waals surface area contributed by atoms with Crippen molar-refractivity contribution in [3.8, 4) is 6.07 Å². The van der Waals surface area contributed by atoms with E-state index in [1.807, 2.05) is 37.3 Å². The highest BCUT2D eigenvalue weighted by molar-refractivity contribution is 6.00. The maximum atomic E-state index is 12.5. The zero-order chi connectivity index (χ0) is 26.7. The number of carbonyl (C=O) groups is 1. The van der Waals surface area contributed by atoms with Crippen molar-refractivity contribution in [2.75, 3.05) is 43.9 Å². The second kappa shape index (κ2) is 13.3. The Labute approximate surface area is 224 Å². The molecule has 1 amide bonds. The molecule has 1 fully saturated rings. The number of hydrogen-bond acceptors (Lipinski definition) is 8. The normalized spacial score (nSPS) is 16.4. The molecule has 0 spiro atoms. The Morgan fingerprint density at radius 3 is 2.82 bits per heavy atom. The number of anilines is 2. The van der Waals surface area contributed by atoms with Crippen LogP contribution in [0.3, 0.4) is 0 Å². The summed E-state index contributed by atoms with van der Waals surface area (Å²) in [5.41, 5.74) is 4.00. The van der Waals surface area contributed by atoms with Crippen LogP contribution in [-0.4, -0.2) is 45.0 Å². The van der Waals surface area contributed by atoms with Gasteiger partial charge in [-0.3, -0.25) is 4.79 Å². The van der Waals surface area contributed by atoms with Gasteiger partial charge in [0.1, 0.15) is 11.6 Å². The third-order valence-corrected chi connectivity index (χ3v) is 6.64. The van der Waals surface area contributed by atoms with Gasteiger partial charge in [-0.15, -0.1) is 0 Å². The molecule has 0 aromatic heterocycles. The lowest BCUT2D eigenvalue weighted by molar-refractivity contribution is -0.117. The number of amidine groups is 1. The Morgan fingerprint density at radius 1 is 1.24 bits per heavy atom. The molecule has 198 valence electrons. The van der Waals surface area contributed by atoms with Gasteiger partial charge in [-0.2, -0.15) is 5.26 Å². The summed E-state index contributed by atoms with van der Waals surface area (Å²) in [5.74, 6) is 2.00. The summed E-state index contributed by atoms with van der Waals surface area (Å²) in [7, 11) is 1.80. The number of hydrogen-bond donors (Lipinski definition) is 5. The van der Waals surface area contributed by atoms with Crippen LogP contribution in [0, 0.1) is 17.2 Å². The quantitative estimate of drug-likeness (QED) is 0.308. The molecule has 38 heavy (non-hydrogen) atoms. The SMILES string of the molecule is CNc1ccc(C#N)cc1N/C=C\C(=O)NC(C)c1cccc(C2=NC=C(OCC3CCNCC3)CN2)c1. The van der Waals surface area contributed by atoms with Gasteiger partial charge >= 0.3 is 0 Å². The summed E-state index contributed by atoms with van der Waals surface area (Å²) in [4.78, 5) is 17.1. The van der Waals surface area contributed by atoms with Gasteiger partial charge in [0.15, 0.2) is 0 Å². The second-order valence-corrected chi connectivity index (χ2v) is 9.39. The maximum Gasteiger partial charge on any atom is 0.245 e. The van der Waals surface area contributed by atoms with Crippen molar-refractivity contribution >= 4 is 23.1 Å². The number of piperidine rings is 1. The number of carbonyl (C=O) groups excluding carboxylic acids is 1. The molecule has 0 saturated carbocycles. The fourth-order valence-electron chi connectivity index (χ4n) is 4.40. The minimum Gasteiger partial charge on any atom is -0.494 e. The minimum absolute atomic E-state index is 0.203. The number of nitrogens with zero attached hydrogens (tertiary/aromatic N) is 2. The molecule has 4 rings (SSSR count). The van der Waals surface area contributed by atoms with Crippen LogP contribution in [0.2, 0.25) is 0 Å². The highest BCUT2D eigenvalue weighted by Gasteiger charge is 2.16. The summed E-state index contributed by atoms with van der Waals surface area (Å²) in [6.45, 7) is 5.40. The molecule has 2 aromatic rings. The molecular weight excluding hydrogens is 478 g/mol. The van der Waals surface area contributed by atoms with Crippen LogP contribution in [0.25, 0.3) is 0 Å². The average Bonchev–Trinajstić information content (AvgIpc) is 2.97. The van der Waals surface area contributed by atoms with Crippen molar-refractivity contribution in [3.63, 3.8) is 0 Å². The number of aliphatic imine (C=N–C) groups is 1. The van der Waals surface area contributed by atoms with Crippen molar-refractivity contribution in [1.29, 1.82) is 5.26 Å². The lowest BCUT2D eigenvalue weighted by Gasteiger charge is -2.24. The third kappa shape index (κ3) is 7.37. The fraction of sp³-hybridized carbons (Fsp3) is 0.345. The molecule has 0 radical (unpaired) electrons. The van der Waals surface area contributed by atoms with E-state index in [4.69, 9.17) is 10.00 Å². The largest absolute Gasteiger partial charge is 0.494 e. The Hall–Kier alpha value is -4.29. The predicted molar refractivity (Wildman–Crippen MR) is 151 cm³/mol. The van der Waals surface area contributed by atoms with Crippen LogP contribution in [0.1, 0.15) is 42.5 Å². The van der Waals surface area contributed by atoms with Crippen LogP contribution in [0.4, 0.5) is 11.4 Å². The van der Waals surface area contributed by atoms with E-state index in [1.54, 1.807) is 31.6 Å². The van der Waals surface area contributed by atoms with E-state index in [2.05, 4.69) is 37.6 Å². The molecule has 2 aliphatic rings. The number of rotatable bonds is 10. The summed E-state index contributed by atoms with van der Waals surface area (Å²) < 4.78 is 5.98. The number of ether oxygens (including phenoxy) is 1. The average molecular weight is 514 g/mol. The van der Waals surface area contributed by atoms with E-state index in [1.165, 1.54) is 6.08 Å². The van der Waals surface area contributed by atoms with Crippen molar-refractivity contribution in [2.24, 2.45) is 10.9 Å². The molecule has 5 N–H and O–H groups in total. The molecule has 1 atom stereocenters. The van der Waals surface area contributed by atoms with E-state index in [-0.39, 0.29) is 11.9 Å². The molecule has 2 aromatic carbocycles.